The van der Waals surface area contributed by atoms with Crippen LogP contribution >= 0.6 is 18.3 Å². The maximum absolute atomic E-state index is 7.23. The molecular formula is C36H44ClN2PSi. The van der Waals surface area contributed by atoms with Crippen LogP contribution in [0.1, 0.15) is 101 Å². The van der Waals surface area contributed by atoms with E-state index in [0.717, 1.165) is 5.69 Å². The van der Waals surface area contributed by atoms with Gasteiger partial charge in [-0.15, -0.1) is 11.1 Å². The van der Waals surface area contributed by atoms with Crippen LogP contribution in [0.15, 0.2) is 102 Å². The smallest absolute Gasteiger partial charge is 0.316 e. The zero-order valence-corrected chi connectivity index (χ0v) is 28.4. The lowest BCUT2D eigenvalue weighted by molar-refractivity contribution is 0.834. The number of halogens is 1. The monoisotopic (exact) mass is 598 g/mol. The third-order valence-corrected chi connectivity index (χ3v) is 13.5. The van der Waals surface area contributed by atoms with Gasteiger partial charge in [0, 0.05) is 16.3 Å². The highest BCUT2D eigenvalue weighted by molar-refractivity contribution is 7.84. The van der Waals surface area contributed by atoms with Gasteiger partial charge in [-0.25, -0.2) is 4.74 Å². The van der Waals surface area contributed by atoms with Crippen molar-refractivity contribution in [2.45, 2.75) is 79.1 Å². The van der Waals surface area contributed by atoms with E-state index >= 15 is 0 Å². The van der Waals surface area contributed by atoms with Crippen LogP contribution in [0.5, 0.6) is 0 Å². The number of benzene rings is 4. The summed E-state index contributed by atoms with van der Waals surface area (Å²) in [6.07, 6.45) is 0. The van der Waals surface area contributed by atoms with Crippen LogP contribution in [0.25, 0.3) is 0 Å². The summed E-state index contributed by atoms with van der Waals surface area (Å²) in [6, 6.07) is 35.3. The molecule has 0 aliphatic carbocycles. The Labute approximate surface area is 255 Å². The van der Waals surface area contributed by atoms with Crippen molar-refractivity contribution in [2.24, 2.45) is 4.74 Å². The third kappa shape index (κ3) is 6.28. The second-order valence-corrected chi connectivity index (χ2v) is 16.3. The van der Waals surface area contributed by atoms with Crippen LogP contribution in [0.3, 0.4) is 0 Å². The van der Waals surface area contributed by atoms with Gasteiger partial charge in [0.15, 0.2) is 0 Å². The maximum Gasteiger partial charge on any atom is 0.316 e. The molecule has 0 saturated carbocycles. The number of nitrogens with zero attached hydrogens (tertiary/aromatic N) is 2. The molecule has 0 atom stereocenters. The van der Waals surface area contributed by atoms with Crippen molar-refractivity contribution in [3.8, 4) is 0 Å². The Kier molecular flexibility index (Phi) is 10.4. The minimum Gasteiger partial charge on any atom is -0.344 e. The van der Waals surface area contributed by atoms with Crippen molar-refractivity contribution in [1.29, 1.82) is 0 Å². The lowest BCUT2D eigenvalue weighted by atomic mass is 9.93. The quantitative estimate of drug-likeness (QED) is 0.101. The van der Waals surface area contributed by atoms with Crippen molar-refractivity contribution < 1.29 is 0 Å². The summed E-state index contributed by atoms with van der Waals surface area (Å²) in [4.78, 5) is 0. The number of para-hydroxylation sites is 1. The average molecular weight is 599 g/mol. The predicted molar refractivity (Wildman–Crippen MR) is 184 cm³/mol. The van der Waals surface area contributed by atoms with Gasteiger partial charge in [-0.05, 0) is 45.9 Å². The zero-order valence-electron chi connectivity index (χ0n) is 25.8. The Morgan fingerprint density at radius 2 is 0.902 bits per heavy atom. The topological polar surface area (TPSA) is 15.6 Å². The lowest BCUT2D eigenvalue weighted by Gasteiger charge is -2.41. The van der Waals surface area contributed by atoms with E-state index in [0.29, 0.717) is 23.7 Å². The van der Waals surface area contributed by atoms with E-state index in [1.165, 1.54) is 38.6 Å². The molecule has 0 bridgehead atoms. The van der Waals surface area contributed by atoms with E-state index in [1.807, 2.05) is 0 Å². The van der Waals surface area contributed by atoms with Crippen molar-refractivity contribution in [2.75, 3.05) is 4.34 Å². The molecule has 0 N–H and O–H groups in total. The van der Waals surface area contributed by atoms with Gasteiger partial charge in [0.25, 0.3) is 0 Å². The van der Waals surface area contributed by atoms with Gasteiger partial charge in [0.05, 0.1) is 5.69 Å². The lowest BCUT2D eigenvalue weighted by Crippen LogP contribution is -2.35. The standard InChI is InChI=1S/C36H44ClN2PSi/c1-25(2)31-21-15-22-32(26(3)4)35(31)38-40(29-17-11-9-12-18-29,30-19-13-10-14-20-30)39(41-37)36-33(27(5)6)23-16-24-34(36)28(7)8/h9-28H,1-8H3. The van der Waals surface area contributed by atoms with Crippen molar-refractivity contribution >= 4 is 49.3 Å². The zero-order chi connectivity index (χ0) is 29.7. The van der Waals surface area contributed by atoms with E-state index in [4.69, 9.17) is 15.8 Å². The van der Waals surface area contributed by atoms with E-state index in [1.54, 1.807) is 0 Å². The van der Waals surface area contributed by atoms with Crippen LogP contribution < -0.4 is 14.9 Å². The molecule has 214 valence electrons. The van der Waals surface area contributed by atoms with E-state index in [2.05, 4.69) is 157 Å². The molecule has 0 saturated heterocycles. The molecule has 0 amide bonds. The Morgan fingerprint density at radius 3 is 1.24 bits per heavy atom. The Balaban J connectivity index is 2.31. The first-order valence-corrected chi connectivity index (χ1v) is 18.4. The van der Waals surface area contributed by atoms with Crippen LogP contribution in [0, 0.1) is 0 Å². The molecule has 5 heteroatoms. The number of hydrogen-bond donors (Lipinski definition) is 0. The molecule has 0 unspecified atom stereocenters. The second-order valence-electron chi connectivity index (χ2n) is 12.0. The van der Waals surface area contributed by atoms with Gasteiger partial charge in [-0.2, -0.15) is 0 Å². The number of anilines is 1. The third-order valence-electron chi connectivity index (χ3n) is 7.74. The second kappa shape index (κ2) is 13.6. The summed E-state index contributed by atoms with van der Waals surface area (Å²) < 4.78 is 8.59. The molecule has 0 aromatic heterocycles. The van der Waals surface area contributed by atoms with Gasteiger partial charge in [-0.3, -0.25) is 0 Å². The Morgan fingerprint density at radius 1 is 0.537 bits per heavy atom. The molecular weight excluding hydrogens is 555 g/mol. The molecule has 0 aliphatic heterocycles. The minimum absolute atomic E-state index is 0.00246. The summed E-state index contributed by atoms with van der Waals surface area (Å²) in [5.74, 6) is 1.34. The molecule has 4 aromatic rings. The fraction of sp³-hybridized carbons (Fsp3) is 0.333. The molecule has 4 aromatic carbocycles. The number of hydrogen-bond acceptors (Lipinski definition) is 1. The number of rotatable bonds is 10. The maximum atomic E-state index is 7.23. The summed E-state index contributed by atoms with van der Waals surface area (Å²) in [7, 11) is -2.68. The average Bonchev–Trinajstić information content (AvgIpc) is 2.97. The van der Waals surface area contributed by atoms with Gasteiger partial charge in [0.2, 0.25) is 0 Å². The first-order valence-electron chi connectivity index (χ1n) is 14.8. The fourth-order valence-corrected chi connectivity index (χ4v) is 11.7. The van der Waals surface area contributed by atoms with Crippen LogP contribution in [-0.4, -0.2) is 8.99 Å². The van der Waals surface area contributed by atoms with Crippen LogP contribution in [0.4, 0.5) is 11.4 Å². The molecule has 0 aliphatic rings. The fourth-order valence-electron chi connectivity index (χ4n) is 5.58. The molecule has 0 heterocycles. The van der Waals surface area contributed by atoms with Crippen LogP contribution in [0.2, 0.25) is 0 Å². The largest absolute Gasteiger partial charge is 0.344 e. The highest BCUT2D eigenvalue weighted by atomic mass is 35.6. The summed E-state index contributed by atoms with van der Waals surface area (Å²) in [5.41, 5.74) is 7.56. The Bertz CT molecular complexity index is 1400. The predicted octanol–water partition coefficient (Wildman–Crippen LogP) is 10.9. The summed E-state index contributed by atoms with van der Waals surface area (Å²) >= 11 is 7.23. The van der Waals surface area contributed by atoms with Crippen molar-refractivity contribution in [3.63, 3.8) is 0 Å². The van der Waals surface area contributed by atoms with Gasteiger partial charge < -0.3 is 4.34 Å². The highest BCUT2D eigenvalue weighted by Gasteiger charge is 2.36. The molecule has 41 heavy (non-hydrogen) atoms. The van der Waals surface area contributed by atoms with Gasteiger partial charge in [0.1, 0.15) is 7.21 Å². The highest BCUT2D eigenvalue weighted by Crippen LogP contribution is 2.59. The molecule has 0 fully saturated rings. The molecule has 4 rings (SSSR count). The first kappa shape index (κ1) is 31.4. The molecule has 0 spiro atoms. The van der Waals surface area contributed by atoms with Crippen molar-refractivity contribution in [1.82, 2.24) is 0 Å². The molecule has 2 nitrogen and oxygen atoms in total. The van der Waals surface area contributed by atoms with Gasteiger partial charge >= 0.3 is 8.99 Å². The summed E-state index contributed by atoms with van der Waals surface area (Å²) in [6.45, 7) is 18.2. The van der Waals surface area contributed by atoms with E-state index in [9.17, 15) is 0 Å². The minimum atomic E-state index is -2.68. The van der Waals surface area contributed by atoms with Crippen LogP contribution in [-0.2, 0) is 0 Å². The van der Waals surface area contributed by atoms with E-state index in [-0.39, 0.29) is 8.99 Å². The molecule has 2 radical (unpaired) electrons. The summed E-state index contributed by atoms with van der Waals surface area (Å²) in [5, 5.41) is 2.42. The van der Waals surface area contributed by atoms with E-state index < -0.39 is 7.21 Å². The van der Waals surface area contributed by atoms with Gasteiger partial charge in [-0.1, -0.05) is 152 Å². The SMILES string of the molecule is CC(C)c1cccc(C(C)C)c1N=P(c1ccccc1)(c1ccccc1)N([Si]Cl)c1c(C(C)C)cccc1C(C)C. The first-order chi connectivity index (χ1) is 19.6. The van der Waals surface area contributed by atoms with Crippen molar-refractivity contribution in [3.05, 3.63) is 119 Å². The normalized spacial score (nSPS) is 12.0. The Hall–Kier alpha value is -2.58.